The summed E-state index contributed by atoms with van der Waals surface area (Å²) in [7, 11) is 0. The van der Waals surface area contributed by atoms with Gasteiger partial charge in [0.1, 0.15) is 5.82 Å². The van der Waals surface area contributed by atoms with E-state index in [1.54, 1.807) is 12.1 Å². The molecule has 0 aliphatic heterocycles. The molecule has 2 rings (SSSR count). The molecule has 1 aliphatic rings. The number of hydrogen-bond donors (Lipinski definition) is 1. The van der Waals surface area contributed by atoms with Crippen molar-refractivity contribution in [2.24, 2.45) is 28.9 Å². The number of nitrogens with two attached hydrogens (primary N) is 1. The van der Waals surface area contributed by atoms with Gasteiger partial charge >= 0.3 is 0 Å². The topological polar surface area (TPSA) is 26.0 Å². The van der Waals surface area contributed by atoms with Crippen LogP contribution in [0.25, 0.3) is 0 Å². The number of rotatable bonds is 3. The predicted molar refractivity (Wildman–Crippen MR) is 90.6 cm³/mol. The second-order valence-electron chi connectivity index (χ2n) is 7.57. The zero-order valence-electron chi connectivity index (χ0n) is 13.3. The second-order valence-corrected chi connectivity index (χ2v) is 8.49. The van der Waals surface area contributed by atoms with Crippen LogP contribution in [0.2, 0.25) is 0 Å². The summed E-state index contributed by atoms with van der Waals surface area (Å²) in [6.45, 7) is 7.67. The van der Waals surface area contributed by atoms with Crippen LogP contribution in [-0.4, -0.2) is 6.54 Å². The van der Waals surface area contributed by atoms with Crippen LogP contribution in [0.3, 0.4) is 0 Å². The molecular weight excluding hydrogens is 329 g/mol. The molecule has 0 amide bonds. The molecule has 2 N–H and O–H groups in total. The number of hydrogen-bond acceptors (Lipinski definition) is 1. The normalized spacial score (nSPS) is 26.9. The summed E-state index contributed by atoms with van der Waals surface area (Å²) < 4.78 is 15.0. The SMILES string of the molecule is CC(C)(C)C1CCC(CN)C(Cc2cc(Br)ccc2F)C1. The maximum absolute atomic E-state index is 14.0. The van der Waals surface area contributed by atoms with Crippen molar-refractivity contribution in [1.82, 2.24) is 0 Å². The molecular formula is C18H27BrFN. The van der Waals surface area contributed by atoms with Gasteiger partial charge in [0, 0.05) is 4.47 Å². The molecule has 21 heavy (non-hydrogen) atoms. The van der Waals surface area contributed by atoms with Crippen molar-refractivity contribution in [2.45, 2.75) is 46.5 Å². The lowest BCUT2D eigenvalue weighted by atomic mass is 9.64. The molecule has 0 spiro atoms. The van der Waals surface area contributed by atoms with Crippen molar-refractivity contribution in [2.75, 3.05) is 6.54 Å². The van der Waals surface area contributed by atoms with Crippen molar-refractivity contribution in [3.8, 4) is 0 Å². The maximum Gasteiger partial charge on any atom is 0.126 e. The Morgan fingerprint density at radius 1 is 1.24 bits per heavy atom. The first-order chi connectivity index (χ1) is 9.81. The third-order valence-corrected chi connectivity index (χ3v) is 5.65. The summed E-state index contributed by atoms with van der Waals surface area (Å²) in [4.78, 5) is 0. The molecule has 1 saturated carbocycles. The van der Waals surface area contributed by atoms with Gasteiger partial charge in [0.25, 0.3) is 0 Å². The molecule has 0 heterocycles. The van der Waals surface area contributed by atoms with Crippen LogP contribution in [-0.2, 0) is 6.42 Å². The zero-order valence-corrected chi connectivity index (χ0v) is 14.9. The van der Waals surface area contributed by atoms with E-state index >= 15 is 0 Å². The third-order valence-electron chi connectivity index (χ3n) is 5.16. The molecule has 1 fully saturated rings. The highest BCUT2D eigenvalue weighted by molar-refractivity contribution is 9.10. The Kier molecular flexibility index (Phi) is 5.48. The molecule has 0 aromatic heterocycles. The van der Waals surface area contributed by atoms with E-state index in [1.165, 1.54) is 12.8 Å². The van der Waals surface area contributed by atoms with Crippen LogP contribution >= 0.6 is 15.9 Å². The van der Waals surface area contributed by atoms with Gasteiger partial charge in [-0.2, -0.15) is 0 Å². The molecule has 1 nitrogen and oxygen atoms in total. The highest BCUT2D eigenvalue weighted by Gasteiger charge is 2.35. The average Bonchev–Trinajstić information content (AvgIpc) is 2.42. The minimum Gasteiger partial charge on any atom is -0.330 e. The van der Waals surface area contributed by atoms with Gasteiger partial charge in [0.2, 0.25) is 0 Å². The van der Waals surface area contributed by atoms with E-state index in [-0.39, 0.29) is 5.82 Å². The fraction of sp³-hybridized carbons (Fsp3) is 0.667. The minimum absolute atomic E-state index is 0.0909. The number of halogens is 2. The largest absolute Gasteiger partial charge is 0.330 e. The smallest absolute Gasteiger partial charge is 0.126 e. The summed E-state index contributed by atoms with van der Waals surface area (Å²) in [6, 6.07) is 5.24. The average molecular weight is 356 g/mol. The highest BCUT2D eigenvalue weighted by Crippen LogP contribution is 2.43. The van der Waals surface area contributed by atoms with Crippen molar-refractivity contribution in [3.05, 3.63) is 34.1 Å². The highest BCUT2D eigenvalue weighted by atomic mass is 79.9. The molecule has 3 unspecified atom stereocenters. The summed E-state index contributed by atoms with van der Waals surface area (Å²) in [5.41, 5.74) is 7.12. The molecule has 118 valence electrons. The molecule has 0 radical (unpaired) electrons. The maximum atomic E-state index is 14.0. The second kappa shape index (κ2) is 6.78. The van der Waals surface area contributed by atoms with Crippen molar-refractivity contribution in [3.63, 3.8) is 0 Å². The van der Waals surface area contributed by atoms with Crippen molar-refractivity contribution < 1.29 is 4.39 Å². The molecule has 3 heteroatoms. The summed E-state index contributed by atoms with van der Waals surface area (Å²) in [5.74, 6) is 1.64. The summed E-state index contributed by atoms with van der Waals surface area (Å²) in [5, 5.41) is 0. The molecule has 1 aromatic rings. The van der Waals surface area contributed by atoms with E-state index in [0.29, 0.717) is 23.2 Å². The number of benzene rings is 1. The van der Waals surface area contributed by atoms with Gasteiger partial charge in [0.05, 0.1) is 0 Å². The summed E-state index contributed by atoms with van der Waals surface area (Å²) in [6.07, 6.45) is 4.40. The molecule has 1 aromatic carbocycles. The first-order valence-electron chi connectivity index (χ1n) is 7.95. The zero-order chi connectivity index (χ0) is 15.6. The van der Waals surface area contributed by atoms with Gasteiger partial charge in [-0.05, 0) is 79.2 Å². The van der Waals surface area contributed by atoms with Crippen LogP contribution in [0.5, 0.6) is 0 Å². The Labute approximate surface area is 136 Å². The van der Waals surface area contributed by atoms with E-state index in [1.807, 2.05) is 6.07 Å². The fourth-order valence-corrected chi connectivity index (χ4v) is 4.06. The van der Waals surface area contributed by atoms with Gasteiger partial charge in [0.15, 0.2) is 0 Å². The van der Waals surface area contributed by atoms with Crippen molar-refractivity contribution in [1.29, 1.82) is 0 Å². The molecule has 3 atom stereocenters. The standard InChI is InChI=1S/C18H27BrFN/c1-18(2,3)15-5-4-12(11-21)13(9-15)8-14-10-16(19)6-7-17(14)20/h6-7,10,12-13,15H,4-5,8-9,11,21H2,1-3H3. The minimum atomic E-state index is -0.0909. The quantitative estimate of drug-likeness (QED) is 0.795. The monoisotopic (exact) mass is 355 g/mol. The molecule has 1 aliphatic carbocycles. The lowest BCUT2D eigenvalue weighted by Gasteiger charge is -2.41. The van der Waals surface area contributed by atoms with Gasteiger partial charge < -0.3 is 5.73 Å². The van der Waals surface area contributed by atoms with Crippen LogP contribution < -0.4 is 5.73 Å². The first kappa shape index (κ1) is 17.0. The van der Waals surface area contributed by atoms with E-state index in [9.17, 15) is 4.39 Å². The molecule has 0 bridgehead atoms. The predicted octanol–water partition coefficient (Wildman–Crippen LogP) is 5.17. The Bertz CT molecular complexity index is 481. The third kappa shape index (κ3) is 4.29. The Morgan fingerprint density at radius 2 is 1.95 bits per heavy atom. The van der Waals surface area contributed by atoms with Gasteiger partial charge in [-0.1, -0.05) is 36.7 Å². The Morgan fingerprint density at radius 3 is 2.57 bits per heavy atom. The van der Waals surface area contributed by atoms with E-state index in [0.717, 1.165) is 29.4 Å². The Hall–Kier alpha value is -0.410. The lowest BCUT2D eigenvalue weighted by Crippen LogP contribution is -2.36. The van der Waals surface area contributed by atoms with Gasteiger partial charge in [-0.25, -0.2) is 4.39 Å². The van der Waals surface area contributed by atoms with E-state index in [2.05, 4.69) is 36.7 Å². The first-order valence-corrected chi connectivity index (χ1v) is 8.74. The molecule has 0 saturated heterocycles. The van der Waals surface area contributed by atoms with Crippen molar-refractivity contribution >= 4 is 15.9 Å². The van der Waals surface area contributed by atoms with Gasteiger partial charge in [-0.15, -0.1) is 0 Å². The fourth-order valence-electron chi connectivity index (χ4n) is 3.66. The summed E-state index contributed by atoms with van der Waals surface area (Å²) >= 11 is 3.45. The van der Waals surface area contributed by atoms with Gasteiger partial charge in [-0.3, -0.25) is 0 Å². The van der Waals surface area contributed by atoms with E-state index < -0.39 is 0 Å². The van der Waals surface area contributed by atoms with E-state index in [4.69, 9.17) is 5.73 Å². The van der Waals surface area contributed by atoms with Crippen LogP contribution in [0.4, 0.5) is 4.39 Å². The van der Waals surface area contributed by atoms with Crippen LogP contribution in [0, 0.1) is 29.0 Å². The van der Waals surface area contributed by atoms with Crippen LogP contribution in [0.1, 0.15) is 45.6 Å². The lowest BCUT2D eigenvalue weighted by molar-refractivity contribution is 0.101. The van der Waals surface area contributed by atoms with Crippen LogP contribution in [0.15, 0.2) is 22.7 Å². The Balaban J connectivity index is 2.16.